The summed E-state index contributed by atoms with van der Waals surface area (Å²) in [4.78, 5) is 0. The molecule has 0 aliphatic heterocycles. The van der Waals surface area contributed by atoms with E-state index in [1.54, 1.807) is 0 Å². The van der Waals surface area contributed by atoms with Gasteiger partial charge in [-0.15, -0.1) is 0 Å². The summed E-state index contributed by atoms with van der Waals surface area (Å²) >= 11 is 0. The maximum Gasteiger partial charge on any atom is 0.0998 e. The maximum atomic E-state index is 10.1. The van der Waals surface area contributed by atoms with Gasteiger partial charge in [0.1, 0.15) is 0 Å². The number of hydrogen-bond acceptors (Lipinski definition) is 2. The molecular formula is C104H60N4. The number of nitrogens with zero attached hydrogens (tertiary/aromatic N) is 4. The fraction of sp³-hybridized carbons (Fsp3) is 0. The first kappa shape index (κ1) is 60.9. The van der Waals surface area contributed by atoms with Gasteiger partial charge in [0.2, 0.25) is 0 Å². The lowest BCUT2D eigenvalue weighted by molar-refractivity contribution is 1.18. The number of rotatable bonds is 7. The molecule has 0 amide bonds. The molecule has 0 fully saturated rings. The zero-order valence-corrected chi connectivity index (χ0v) is 58.4. The molecule has 4 nitrogen and oxygen atoms in total. The molecule has 0 aliphatic carbocycles. The Labute approximate surface area is 621 Å². The molecule has 23 rings (SSSR count). The van der Waals surface area contributed by atoms with Crippen molar-refractivity contribution in [3.63, 3.8) is 0 Å². The van der Waals surface area contributed by atoms with E-state index in [9.17, 15) is 10.5 Å². The van der Waals surface area contributed by atoms with Crippen LogP contribution >= 0.6 is 0 Å². The van der Waals surface area contributed by atoms with E-state index in [1.807, 2.05) is 12.1 Å². The molecule has 0 radical (unpaired) electrons. The summed E-state index contributed by atoms with van der Waals surface area (Å²) in [6.07, 6.45) is 0. The lowest BCUT2D eigenvalue weighted by Crippen LogP contribution is -1.93. The Morgan fingerprint density at radius 1 is 0.176 bits per heavy atom. The molecule has 23 aromatic rings. The van der Waals surface area contributed by atoms with Crippen LogP contribution in [0.5, 0.6) is 0 Å². The van der Waals surface area contributed by atoms with E-state index in [0.717, 1.165) is 55.0 Å². The number of benzene rings is 21. The maximum absolute atomic E-state index is 10.1. The molecule has 496 valence electrons. The summed E-state index contributed by atoms with van der Waals surface area (Å²) in [5.41, 5.74) is 20.3. The lowest BCUT2D eigenvalue weighted by atomic mass is 9.85. The number of fused-ring (bicyclic) bond motifs is 12. The fourth-order valence-corrected chi connectivity index (χ4v) is 18.5. The molecule has 0 unspecified atom stereocenters. The van der Waals surface area contributed by atoms with E-state index in [4.69, 9.17) is 0 Å². The van der Waals surface area contributed by atoms with Crippen molar-refractivity contribution < 1.29 is 0 Å². The number of nitriles is 2. The molecule has 2 aromatic heterocycles. The molecule has 108 heavy (non-hydrogen) atoms. The van der Waals surface area contributed by atoms with Gasteiger partial charge < -0.3 is 9.13 Å². The van der Waals surface area contributed by atoms with Crippen molar-refractivity contribution >= 4 is 151 Å². The molecule has 0 atom stereocenters. The van der Waals surface area contributed by atoms with Crippen molar-refractivity contribution in [1.29, 1.82) is 10.5 Å². The normalized spacial score (nSPS) is 11.9. The SMILES string of the molecule is N#Cc1ccc2c3c1ccc1c(-c4ccc(-c5cc6c7ccccc7c(-c7ccccc7)cc6c6ccccc56)c5ccccc45)ccc(c13)n2-c1ccccc1.N#Cc1ccc2c3c1ccc1c(-c4ccc(-c5cc6c7ccccc7ccc6c6ccccc56)c5ccccc45)ccc(c13)n2-c1ccccc1. The molecule has 0 bridgehead atoms. The van der Waals surface area contributed by atoms with Gasteiger partial charge in [0.25, 0.3) is 0 Å². The Balaban J connectivity index is 0.000000135. The molecule has 2 heterocycles. The quantitative estimate of drug-likeness (QED) is 0.149. The highest BCUT2D eigenvalue weighted by atomic mass is 15.0. The van der Waals surface area contributed by atoms with Crippen LogP contribution in [0, 0.1) is 22.7 Å². The van der Waals surface area contributed by atoms with Crippen molar-refractivity contribution in [1.82, 2.24) is 9.13 Å². The molecule has 0 saturated carbocycles. The van der Waals surface area contributed by atoms with Crippen LogP contribution in [0.3, 0.4) is 0 Å². The van der Waals surface area contributed by atoms with Gasteiger partial charge in [0.05, 0.1) is 45.3 Å². The van der Waals surface area contributed by atoms with E-state index < -0.39 is 0 Å². The number of hydrogen-bond donors (Lipinski definition) is 0. The topological polar surface area (TPSA) is 57.4 Å². The van der Waals surface area contributed by atoms with Crippen molar-refractivity contribution in [3.05, 3.63) is 375 Å². The van der Waals surface area contributed by atoms with Crippen molar-refractivity contribution in [2.45, 2.75) is 0 Å². The second kappa shape index (κ2) is 23.9. The van der Waals surface area contributed by atoms with E-state index in [1.165, 1.54) is 163 Å². The Kier molecular flexibility index (Phi) is 13.5. The molecule has 0 N–H and O–H groups in total. The van der Waals surface area contributed by atoms with Crippen LogP contribution in [0.2, 0.25) is 0 Å². The van der Waals surface area contributed by atoms with Crippen LogP contribution in [-0.4, -0.2) is 9.13 Å². The third-order valence-electron chi connectivity index (χ3n) is 23.2. The van der Waals surface area contributed by atoms with Gasteiger partial charge in [-0.05, 0) is 231 Å². The summed E-state index contributed by atoms with van der Waals surface area (Å²) in [5.74, 6) is 0. The van der Waals surface area contributed by atoms with Crippen molar-refractivity contribution in [2.75, 3.05) is 0 Å². The Bertz CT molecular complexity index is 7800. The highest BCUT2D eigenvalue weighted by Gasteiger charge is 2.26. The predicted octanol–water partition coefficient (Wildman–Crippen LogP) is 28.1. The minimum atomic E-state index is 0.698. The van der Waals surface area contributed by atoms with E-state index in [2.05, 4.69) is 373 Å². The van der Waals surface area contributed by atoms with Crippen LogP contribution in [-0.2, 0) is 0 Å². The molecule has 4 heteroatoms. The summed E-state index contributed by atoms with van der Waals surface area (Å²) in [6.45, 7) is 0. The summed E-state index contributed by atoms with van der Waals surface area (Å²) in [6, 6.07) is 137. The smallest absolute Gasteiger partial charge is 0.0998 e. The zero-order chi connectivity index (χ0) is 71.2. The summed E-state index contributed by atoms with van der Waals surface area (Å²) < 4.78 is 4.68. The largest absolute Gasteiger partial charge is 0.309 e. The lowest BCUT2D eigenvalue weighted by Gasteiger charge is -2.18. The predicted molar refractivity (Wildman–Crippen MR) is 456 cm³/mol. The van der Waals surface area contributed by atoms with Crippen LogP contribution in [0.1, 0.15) is 11.1 Å². The van der Waals surface area contributed by atoms with Crippen LogP contribution in [0.4, 0.5) is 0 Å². The van der Waals surface area contributed by atoms with Gasteiger partial charge in [0.15, 0.2) is 0 Å². The van der Waals surface area contributed by atoms with Crippen LogP contribution in [0.25, 0.3) is 218 Å². The van der Waals surface area contributed by atoms with Gasteiger partial charge in [-0.1, -0.05) is 285 Å². The van der Waals surface area contributed by atoms with Crippen molar-refractivity contribution in [3.8, 4) is 79.1 Å². The zero-order valence-electron chi connectivity index (χ0n) is 58.4. The third kappa shape index (κ3) is 8.96. The number of aromatic nitrogens is 2. The van der Waals surface area contributed by atoms with Crippen molar-refractivity contribution in [2.24, 2.45) is 0 Å². The minimum Gasteiger partial charge on any atom is -0.309 e. The molecule has 0 saturated heterocycles. The highest BCUT2D eigenvalue weighted by Crippen LogP contribution is 2.51. The average molecular weight is 1370 g/mol. The first-order chi connectivity index (χ1) is 53.5. The Morgan fingerprint density at radius 2 is 0.444 bits per heavy atom. The van der Waals surface area contributed by atoms with E-state index in [-0.39, 0.29) is 0 Å². The molecule has 0 aliphatic rings. The second-order valence-electron chi connectivity index (χ2n) is 28.6. The minimum absolute atomic E-state index is 0.698. The van der Waals surface area contributed by atoms with Crippen LogP contribution < -0.4 is 0 Å². The monoisotopic (exact) mass is 1360 g/mol. The Hall–Kier alpha value is -14.7. The first-order valence-corrected chi connectivity index (χ1v) is 36.9. The number of para-hydroxylation sites is 2. The molecule has 21 aromatic carbocycles. The van der Waals surface area contributed by atoms with Gasteiger partial charge in [0, 0.05) is 43.7 Å². The second-order valence-corrected chi connectivity index (χ2v) is 28.6. The third-order valence-corrected chi connectivity index (χ3v) is 23.2. The molecule has 0 spiro atoms. The fourth-order valence-electron chi connectivity index (χ4n) is 18.5. The highest BCUT2D eigenvalue weighted by molar-refractivity contribution is 6.32. The summed E-state index contributed by atoms with van der Waals surface area (Å²) in [7, 11) is 0. The molecular weight excluding hydrogens is 1310 g/mol. The Morgan fingerprint density at radius 3 is 0.870 bits per heavy atom. The van der Waals surface area contributed by atoms with Gasteiger partial charge in [-0.2, -0.15) is 10.5 Å². The van der Waals surface area contributed by atoms with Gasteiger partial charge >= 0.3 is 0 Å². The van der Waals surface area contributed by atoms with Gasteiger partial charge in [-0.3, -0.25) is 0 Å². The standard InChI is InChI=1S/C55H32N2.C49H28N2/c56-33-35-23-29-52-54-37(35)24-27-47-45(28-30-53(55(47)54)57(52)36-15-5-2-6-16-36)44-25-26-46(39-18-8-7-17-38(39)44)49-32-51-41-20-10-9-19-40(41)48(34-13-3-1-4-14-34)31-50(51)43-22-12-11-21-42(43)49;50-29-31-19-26-46-48-34(31)21-24-43-40(25-27-47(49(43)48)51(46)32-11-2-1-3-12-32)39-22-23-42(36-15-7-6-14-35(36)39)45-28-44-33-13-5-4-10-30(33)18-20-41(44)37-16-8-9-17-38(37)45/h1-32H;1-28H. The van der Waals surface area contributed by atoms with Crippen LogP contribution in [0.15, 0.2) is 364 Å². The summed E-state index contributed by atoms with van der Waals surface area (Å²) in [5, 5.41) is 49.3. The first-order valence-electron chi connectivity index (χ1n) is 36.9. The van der Waals surface area contributed by atoms with E-state index in [0.29, 0.717) is 11.1 Å². The van der Waals surface area contributed by atoms with E-state index >= 15 is 0 Å². The average Bonchev–Trinajstić information content (AvgIpc) is 1.55. The van der Waals surface area contributed by atoms with Gasteiger partial charge in [-0.25, -0.2) is 0 Å².